The number of hydrogen-bond acceptors (Lipinski definition) is 5. The van der Waals surface area contributed by atoms with Crippen molar-refractivity contribution in [1.82, 2.24) is 4.31 Å². The van der Waals surface area contributed by atoms with Gasteiger partial charge in [0, 0.05) is 18.8 Å². The first-order chi connectivity index (χ1) is 13.8. The van der Waals surface area contributed by atoms with Crippen molar-refractivity contribution in [2.45, 2.75) is 18.7 Å². The molecule has 1 fully saturated rings. The van der Waals surface area contributed by atoms with E-state index in [-0.39, 0.29) is 28.2 Å². The lowest BCUT2D eigenvalue weighted by molar-refractivity contribution is -0.118. The number of nitrogens with zero attached hydrogens (tertiary/aromatic N) is 1. The molecule has 0 bridgehead atoms. The van der Waals surface area contributed by atoms with E-state index in [2.05, 4.69) is 5.32 Å². The van der Waals surface area contributed by atoms with Crippen molar-refractivity contribution >= 4 is 33.2 Å². The Hall–Kier alpha value is -2.13. The second-order valence-corrected chi connectivity index (χ2v) is 9.04. The summed E-state index contributed by atoms with van der Waals surface area (Å²) in [6, 6.07) is 9.87. The van der Waals surface area contributed by atoms with Crippen LogP contribution in [0.2, 0.25) is 5.02 Å². The minimum atomic E-state index is -3.65. The molecule has 0 aromatic heterocycles. The summed E-state index contributed by atoms with van der Waals surface area (Å²) in [4.78, 5) is 12.3. The van der Waals surface area contributed by atoms with Crippen LogP contribution >= 0.6 is 11.6 Å². The van der Waals surface area contributed by atoms with Crippen LogP contribution in [-0.2, 0) is 19.6 Å². The van der Waals surface area contributed by atoms with E-state index in [0.29, 0.717) is 26.3 Å². The third-order valence-electron chi connectivity index (χ3n) is 4.75. The molecule has 0 saturated carbocycles. The molecule has 29 heavy (non-hydrogen) atoms. The van der Waals surface area contributed by atoms with E-state index in [1.807, 2.05) is 32.0 Å². The van der Waals surface area contributed by atoms with Gasteiger partial charge in [-0.3, -0.25) is 4.79 Å². The number of carbonyl (C=O) groups is 1. The highest BCUT2D eigenvalue weighted by molar-refractivity contribution is 7.89. The molecule has 1 aliphatic heterocycles. The second-order valence-electron chi connectivity index (χ2n) is 6.69. The van der Waals surface area contributed by atoms with Crippen LogP contribution in [0.25, 0.3) is 0 Å². The lowest BCUT2D eigenvalue weighted by atomic mass is 10.1. The second kappa shape index (κ2) is 9.13. The van der Waals surface area contributed by atoms with Gasteiger partial charge in [0.25, 0.3) is 5.91 Å². The SMILES string of the molecule is Cc1cccc(NC(=O)COc2ccc(S(=O)(=O)N3CCOCC3)cc2Cl)c1C. The summed E-state index contributed by atoms with van der Waals surface area (Å²) in [5, 5.41) is 2.92. The number of halogens is 1. The molecule has 3 rings (SSSR count). The maximum absolute atomic E-state index is 12.7. The zero-order chi connectivity index (χ0) is 21.0. The van der Waals surface area contributed by atoms with Gasteiger partial charge in [-0.1, -0.05) is 23.7 Å². The van der Waals surface area contributed by atoms with Gasteiger partial charge in [0.15, 0.2) is 6.61 Å². The molecule has 0 aliphatic carbocycles. The number of morpholine rings is 1. The third-order valence-corrected chi connectivity index (χ3v) is 6.94. The maximum Gasteiger partial charge on any atom is 0.262 e. The van der Waals surface area contributed by atoms with Crippen molar-refractivity contribution in [3.63, 3.8) is 0 Å². The number of rotatable bonds is 6. The Labute approximate surface area is 175 Å². The number of aryl methyl sites for hydroxylation is 1. The number of anilines is 1. The van der Waals surface area contributed by atoms with E-state index in [4.69, 9.17) is 21.1 Å². The topological polar surface area (TPSA) is 84.9 Å². The fourth-order valence-corrected chi connectivity index (χ4v) is 4.65. The molecule has 1 aliphatic rings. The lowest BCUT2D eigenvalue weighted by Gasteiger charge is -2.26. The van der Waals surface area contributed by atoms with Crippen LogP contribution < -0.4 is 10.1 Å². The fraction of sp³-hybridized carbons (Fsp3) is 0.350. The first-order valence-corrected chi connectivity index (χ1v) is 11.0. The van der Waals surface area contributed by atoms with Gasteiger partial charge in [0.2, 0.25) is 10.0 Å². The molecule has 1 N–H and O–H groups in total. The normalized spacial score (nSPS) is 15.1. The van der Waals surface area contributed by atoms with Crippen LogP contribution in [0.15, 0.2) is 41.3 Å². The number of hydrogen-bond donors (Lipinski definition) is 1. The Kier molecular flexibility index (Phi) is 6.79. The van der Waals surface area contributed by atoms with Gasteiger partial charge in [-0.15, -0.1) is 0 Å². The molecule has 9 heteroatoms. The average Bonchev–Trinajstić information content (AvgIpc) is 2.71. The van der Waals surface area contributed by atoms with E-state index in [0.717, 1.165) is 16.8 Å². The summed E-state index contributed by atoms with van der Waals surface area (Å²) >= 11 is 6.20. The van der Waals surface area contributed by atoms with Crippen molar-refractivity contribution in [3.05, 3.63) is 52.5 Å². The standard InChI is InChI=1S/C20H23ClN2O5S/c1-14-4-3-5-18(15(14)2)22-20(24)13-28-19-7-6-16(12-17(19)21)29(25,26)23-8-10-27-11-9-23/h3-7,12H,8-11,13H2,1-2H3,(H,22,24). The first-order valence-electron chi connectivity index (χ1n) is 9.15. The molecule has 0 radical (unpaired) electrons. The monoisotopic (exact) mass is 438 g/mol. The summed E-state index contributed by atoms with van der Waals surface area (Å²) in [6.45, 7) is 4.98. The minimum Gasteiger partial charge on any atom is -0.482 e. The number of sulfonamides is 1. The van der Waals surface area contributed by atoms with Crippen molar-refractivity contribution in [2.24, 2.45) is 0 Å². The third kappa shape index (κ3) is 5.08. The number of ether oxygens (including phenoxy) is 2. The molecule has 7 nitrogen and oxygen atoms in total. The quantitative estimate of drug-likeness (QED) is 0.749. The summed E-state index contributed by atoms with van der Waals surface area (Å²) < 4.78 is 37.4. The van der Waals surface area contributed by atoms with Crippen LogP contribution in [-0.4, -0.2) is 51.5 Å². The van der Waals surface area contributed by atoms with E-state index in [1.165, 1.54) is 22.5 Å². The van der Waals surface area contributed by atoms with Crippen molar-refractivity contribution in [1.29, 1.82) is 0 Å². The smallest absolute Gasteiger partial charge is 0.262 e. The van der Waals surface area contributed by atoms with Crippen LogP contribution in [0.1, 0.15) is 11.1 Å². The van der Waals surface area contributed by atoms with Gasteiger partial charge in [-0.25, -0.2) is 8.42 Å². The fourth-order valence-electron chi connectivity index (χ4n) is 2.91. The Morgan fingerprint density at radius 2 is 1.93 bits per heavy atom. The zero-order valence-electron chi connectivity index (χ0n) is 16.3. The van der Waals surface area contributed by atoms with Crippen molar-refractivity contribution in [2.75, 3.05) is 38.2 Å². The van der Waals surface area contributed by atoms with Crippen LogP contribution in [0.5, 0.6) is 5.75 Å². The van der Waals surface area contributed by atoms with E-state index in [9.17, 15) is 13.2 Å². The van der Waals surface area contributed by atoms with Gasteiger partial charge in [0.1, 0.15) is 5.75 Å². The van der Waals surface area contributed by atoms with Gasteiger partial charge in [-0.05, 0) is 49.2 Å². The molecule has 0 atom stereocenters. The number of carbonyl (C=O) groups excluding carboxylic acids is 1. The van der Waals surface area contributed by atoms with Gasteiger partial charge >= 0.3 is 0 Å². The molecule has 156 valence electrons. The molecule has 1 amide bonds. The number of nitrogens with one attached hydrogen (secondary N) is 1. The van der Waals surface area contributed by atoms with E-state index >= 15 is 0 Å². The highest BCUT2D eigenvalue weighted by atomic mass is 35.5. The maximum atomic E-state index is 12.7. The molecular weight excluding hydrogens is 416 g/mol. The summed E-state index contributed by atoms with van der Waals surface area (Å²) in [5.41, 5.74) is 2.78. The summed E-state index contributed by atoms with van der Waals surface area (Å²) in [7, 11) is -3.65. The highest BCUT2D eigenvalue weighted by Gasteiger charge is 2.27. The average molecular weight is 439 g/mol. The van der Waals surface area contributed by atoms with Crippen molar-refractivity contribution < 1.29 is 22.7 Å². The van der Waals surface area contributed by atoms with Crippen molar-refractivity contribution in [3.8, 4) is 5.75 Å². The number of benzene rings is 2. The van der Waals surface area contributed by atoms with Gasteiger partial charge in [-0.2, -0.15) is 4.31 Å². The Morgan fingerprint density at radius 1 is 1.21 bits per heavy atom. The number of amides is 1. The lowest BCUT2D eigenvalue weighted by Crippen LogP contribution is -2.40. The van der Waals surface area contributed by atoms with Gasteiger partial charge in [0.05, 0.1) is 23.1 Å². The van der Waals surface area contributed by atoms with Crippen LogP contribution in [0.3, 0.4) is 0 Å². The zero-order valence-corrected chi connectivity index (χ0v) is 17.8. The minimum absolute atomic E-state index is 0.0802. The van der Waals surface area contributed by atoms with Crippen LogP contribution in [0, 0.1) is 13.8 Å². The predicted molar refractivity (Wildman–Crippen MR) is 111 cm³/mol. The van der Waals surface area contributed by atoms with Gasteiger partial charge < -0.3 is 14.8 Å². The molecule has 1 heterocycles. The molecule has 0 spiro atoms. The molecule has 2 aromatic carbocycles. The predicted octanol–water partition coefficient (Wildman–Crippen LogP) is 3.00. The molecule has 2 aromatic rings. The largest absolute Gasteiger partial charge is 0.482 e. The van der Waals surface area contributed by atoms with E-state index < -0.39 is 10.0 Å². The summed E-state index contributed by atoms with van der Waals surface area (Å²) in [6.07, 6.45) is 0. The Morgan fingerprint density at radius 3 is 2.62 bits per heavy atom. The molecule has 1 saturated heterocycles. The summed E-state index contributed by atoms with van der Waals surface area (Å²) in [5.74, 6) is -0.0940. The molecule has 0 unspecified atom stereocenters. The first kappa shape index (κ1) is 21.6. The highest BCUT2D eigenvalue weighted by Crippen LogP contribution is 2.29. The van der Waals surface area contributed by atoms with E-state index in [1.54, 1.807) is 0 Å². The van der Waals surface area contributed by atoms with Crippen LogP contribution in [0.4, 0.5) is 5.69 Å². The Balaban J connectivity index is 1.65. The molecular formula is C20H23ClN2O5S. The Bertz CT molecular complexity index is 1000.